The predicted molar refractivity (Wildman–Crippen MR) is 123 cm³/mol. The van der Waals surface area contributed by atoms with Crippen molar-refractivity contribution >= 4 is 38.9 Å². The van der Waals surface area contributed by atoms with Gasteiger partial charge in [0.2, 0.25) is 0 Å². The summed E-state index contributed by atoms with van der Waals surface area (Å²) in [5.74, 6) is 1.89. The molecule has 168 valence electrons. The lowest BCUT2D eigenvalue weighted by Gasteiger charge is -2.56. The predicted octanol–water partition coefficient (Wildman–Crippen LogP) is 3.37. The zero-order valence-corrected chi connectivity index (χ0v) is 19.4. The Bertz CT molecular complexity index is 1210. The van der Waals surface area contributed by atoms with Crippen molar-refractivity contribution in [2.24, 2.45) is 22.2 Å². The molecule has 2 aromatic heterocycles. The molecule has 10 heteroatoms. The molecule has 2 aromatic rings. The van der Waals surface area contributed by atoms with Crippen molar-refractivity contribution in [2.75, 3.05) is 12.4 Å². The van der Waals surface area contributed by atoms with Gasteiger partial charge in [-0.05, 0) is 73.8 Å². The lowest BCUT2D eigenvalue weighted by molar-refractivity contribution is -0.113. The first-order chi connectivity index (χ1) is 15.3. The van der Waals surface area contributed by atoms with Crippen molar-refractivity contribution in [1.29, 1.82) is 0 Å². The van der Waals surface area contributed by atoms with E-state index in [1.807, 2.05) is 17.6 Å². The van der Waals surface area contributed by atoms with Crippen LogP contribution >= 0.6 is 11.3 Å². The summed E-state index contributed by atoms with van der Waals surface area (Å²) in [5, 5.41) is 9.33. The van der Waals surface area contributed by atoms with Crippen LogP contribution in [0.25, 0.3) is 0 Å². The van der Waals surface area contributed by atoms with Gasteiger partial charge in [-0.3, -0.25) is 9.48 Å². The van der Waals surface area contributed by atoms with Crippen LogP contribution in [0.3, 0.4) is 0 Å². The quantitative estimate of drug-likeness (QED) is 0.739. The van der Waals surface area contributed by atoms with Crippen molar-refractivity contribution in [3.05, 3.63) is 46.6 Å². The van der Waals surface area contributed by atoms with Crippen LogP contribution in [-0.2, 0) is 20.5 Å². The maximum atomic E-state index is 13.1. The van der Waals surface area contributed by atoms with Crippen molar-refractivity contribution < 1.29 is 13.2 Å². The highest BCUT2D eigenvalue weighted by Gasteiger charge is 2.52. The number of hydrogen-bond donors (Lipinski definition) is 1. The second-order valence-corrected chi connectivity index (χ2v) is 12.3. The van der Waals surface area contributed by atoms with E-state index in [1.165, 1.54) is 63.0 Å². The van der Waals surface area contributed by atoms with E-state index in [-0.39, 0.29) is 16.9 Å². The molecule has 0 saturated heterocycles. The van der Waals surface area contributed by atoms with E-state index < -0.39 is 16.1 Å². The molecule has 0 atom stereocenters. The van der Waals surface area contributed by atoms with E-state index >= 15 is 0 Å². The molecule has 0 unspecified atom stereocenters. The summed E-state index contributed by atoms with van der Waals surface area (Å²) in [6.07, 6.45) is 12.7. The van der Waals surface area contributed by atoms with Crippen LogP contribution in [-0.4, -0.2) is 41.2 Å². The summed E-state index contributed by atoms with van der Waals surface area (Å²) in [7, 11) is -2.63. The van der Waals surface area contributed by atoms with Crippen LogP contribution in [0.2, 0.25) is 0 Å². The topological polar surface area (TPSA) is 96.7 Å². The Labute approximate surface area is 191 Å². The molecule has 0 aromatic carbocycles. The second-order valence-electron chi connectivity index (χ2n) is 9.70. The summed E-state index contributed by atoms with van der Waals surface area (Å²) >= 11 is 1.38. The molecular weight excluding hydrogens is 446 g/mol. The summed E-state index contributed by atoms with van der Waals surface area (Å²) in [6, 6.07) is 3.60. The number of amides is 1. The Hall–Kier alpha value is -2.46. The third-order valence-corrected chi connectivity index (χ3v) is 9.72. The zero-order valence-electron chi connectivity index (χ0n) is 17.8. The minimum Gasteiger partial charge on any atom is -0.318 e. The number of allylic oxidation sites excluding steroid dienone is 1. The first-order valence-electron chi connectivity index (χ1n) is 11.0. The molecule has 4 bridgehead atoms. The van der Waals surface area contributed by atoms with E-state index in [0.717, 1.165) is 22.1 Å². The number of nitrogens with zero attached hydrogens (tertiary/aromatic N) is 4. The number of aromatic nitrogens is 2. The fraction of sp³-hybridized carbons (Fsp3) is 0.500. The molecule has 4 aliphatic carbocycles. The third-order valence-electron chi connectivity index (χ3n) is 7.51. The summed E-state index contributed by atoms with van der Waals surface area (Å²) in [4.78, 5) is 13.8. The number of nitrogens with one attached hydrogen (secondary N) is 1. The second kappa shape index (κ2) is 7.02. The molecule has 4 saturated carbocycles. The van der Waals surface area contributed by atoms with Gasteiger partial charge in [-0.25, -0.2) is 4.31 Å². The number of rotatable bonds is 4. The number of anilines is 1. The van der Waals surface area contributed by atoms with E-state index in [2.05, 4.69) is 19.5 Å². The normalized spacial score (nSPS) is 32.5. The molecule has 1 amide bonds. The van der Waals surface area contributed by atoms with Crippen molar-refractivity contribution in [2.45, 2.75) is 44.1 Å². The summed E-state index contributed by atoms with van der Waals surface area (Å²) in [5.41, 5.74) is 0.956. The minimum atomic E-state index is -3.97. The highest BCUT2D eigenvalue weighted by Crippen LogP contribution is 2.58. The van der Waals surface area contributed by atoms with Crippen LogP contribution in [0.1, 0.15) is 43.4 Å². The molecule has 7 rings (SSSR count). The van der Waals surface area contributed by atoms with Crippen molar-refractivity contribution in [3.8, 4) is 0 Å². The molecule has 1 N–H and O–H groups in total. The van der Waals surface area contributed by atoms with Gasteiger partial charge in [-0.15, -0.1) is 15.7 Å². The molecule has 0 radical (unpaired) electrons. The minimum absolute atomic E-state index is 0.0333. The van der Waals surface area contributed by atoms with Gasteiger partial charge in [-0.2, -0.15) is 13.5 Å². The Kier molecular flexibility index (Phi) is 4.42. The van der Waals surface area contributed by atoms with Gasteiger partial charge in [0.15, 0.2) is 0 Å². The number of hydrogen-bond acceptors (Lipinski definition) is 5. The van der Waals surface area contributed by atoms with Gasteiger partial charge in [0.05, 0.1) is 28.0 Å². The highest BCUT2D eigenvalue weighted by molar-refractivity contribution is 7.88. The first-order valence-corrected chi connectivity index (χ1v) is 13.3. The van der Waals surface area contributed by atoms with Crippen LogP contribution < -0.4 is 5.32 Å². The summed E-state index contributed by atoms with van der Waals surface area (Å²) < 4.78 is 31.9. The number of carbonyl (C=O) groups excluding carboxylic acids is 1. The Morgan fingerprint density at radius 2 is 1.88 bits per heavy atom. The molecule has 32 heavy (non-hydrogen) atoms. The van der Waals surface area contributed by atoms with E-state index in [9.17, 15) is 13.2 Å². The average molecular weight is 472 g/mol. The van der Waals surface area contributed by atoms with Crippen LogP contribution in [0.5, 0.6) is 0 Å². The van der Waals surface area contributed by atoms with Gasteiger partial charge in [0.1, 0.15) is 5.70 Å². The van der Waals surface area contributed by atoms with Crippen LogP contribution in [0.15, 0.2) is 46.1 Å². The lowest BCUT2D eigenvalue weighted by Crippen LogP contribution is -2.52. The molecule has 1 aliphatic heterocycles. The van der Waals surface area contributed by atoms with Crippen LogP contribution in [0, 0.1) is 17.8 Å². The smallest absolute Gasteiger partial charge is 0.318 e. The number of thiophene rings is 1. The van der Waals surface area contributed by atoms with Crippen molar-refractivity contribution in [1.82, 2.24) is 14.1 Å². The van der Waals surface area contributed by atoms with E-state index in [4.69, 9.17) is 0 Å². The molecule has 3 heterocycles. The fourth-order valence-electron chi connectivity index (χ4n) is 6.49. The monoisotopic (exact) mass is 471 g/mol. The zero-order chi connectivity index (χ0) is 22.1. The van der Waals surface area contributed by atoms with Crippen molar-refractivity contribution in [3.63, 3.8) is 0 Å². The molecule has 5 aliphatic rings. The van der Waals surface area contributed by atoms with Crippen LogP contribution in [0.4, 0.5) is 5.69 Å². The summed E-state index contributed by atoms with van der Waals surface area (Å²) in [6.45, 7) is 0. The van der Waals surface area contributed by atoms with Gasteiger partial charge in [0, 0.05) is 13.2 Å². The van der Waals surface area contributed by atoms with Gasteiger partial charge in [0.25, 0.3) is 5.91 Å². The number of carbonyl (C=O) groups is 1. The first kappa shape index (κ1) is 20.2. The molecular formula is C22H25N5O3S2. The average Bonchev–Trinajstić information content (AvgIpc) is 3.41. The fourth-order valence-corrected chi connectivity index (χ4v) is 8.14. The Balaban J connectivity index is 1.25. The SMILES string of the molecule is CN1C(C(=O)Nc2cnn(C34CC5CC(CC(C5)C3)C4)c2)=CC(c2cccs2)=NS1(=O)=O. The highest BCUT2D eigenvalue weighted by atomic mass is 32.2. The number of likely N-dealkylation sites (N-methyl/N-ethyl adjacent to an activating group) is 1. The van der Waals surface area contributed by atoms with E-state index in [0.29, 0.717) is 10.6 Å². The van der Waals surface area contributed by atoms with E-state index in [1.54, 1.807) is 12.3 Å². The maximum Gasteiger partial charge on any atom is 0.345 e. The standard InChI is InChI=1S/C22H25N5O3S2/c1-26-19(8-18(25-32(26,29)30)20-3-2-4-31-20)21(28)24-17-12-23-27(13-17)22-9-14-5-15(10-22)7-16(6-14)11-22/h2-4,8,12-16H,5-7,9-11H2,1H3,(H,24,28). The van der Waals surface area contributed by atoms with Gasteiger partial charge >= 0.3 is 10.2 Å². The van der Waals surface area contributed by atoms with Gasteiger partial charge in [-0.1, -0.05) is 6.07 Å². The molecule has 4 fully saturated rings. The molecule has 8 nitrogen and oxygen atoms in total. The lowest BCUT2D eigenvalue weighted by atomic mass is 9.53. The maximum absolute atomic E-state index is 13.1. The van der Waals surface area contributed by atoms with Gasteiger partial charge < -0.3 is 5.32 Å². The molecule has 0 spiro atoms. The third kappa shape index (κ3) is 3.23. The largest absolute Gasteiger partial charge is 0.345 e. The Morgan fingerprint density at radius 1 is 1.19 bits per heavy atom. The Morgan fingerprint density at radius 3 is 2.50 bits per heavy atom.